The first kappa shape index (κ1) is 24.0. The van der Waals surface area contributed by atoms with Crippen LogP contribution in [0.2, 0.25) is 0 Å². The number of hydrogen-bond donors (Lipinski definition) is 1. The van der Waals surface area contributed by atoms with Gasteiger partial charge in [-0.3, -0.25) is 14.4 Å². The number of carboxylic acids is 1. The number of rotatable bonds is 1. The van der Waals surface area contributed by atoms with Gasteiger partial charge in [-0.15, -0.1) is 0 Å². The van der Waals surface area contributed by atoms with Gasteiger partial charge in [0.05, 0.1) is 5.41 Å². The van der Waals surface area contributed by atoms with Crippen molar-refractivity contribution >= 4 is 17.5 Å². The van der Waals surface area contributed by atoms with Gasteiger partial charge in [0, 0.05) is 16.7 Å². The molecule has 186 valence electrons. The largest absolute Gasteiger partial charge is 0.481 e. The van der Waals surface area contributed by atoms with Crippen LogP contribution in [-0.4, -0.2) is 22.6 Å². The maximum atomic E-state index is 14.1. The molecule has 0 radical (unpaired) electrons. The third kappa shape index (κ3) is 2.69. The van der Waals surface area contributed by atoms with E-state index in [1.165, 1.54) is 5.57 Å². The molecule has 0 bridgehead atoms. The number of carboxylic acid groups (broad SMARTS) is 1. The fraction of sp³-hybridized carbons (Fsp3) is 0.767. The second-order valence-electron chi connectivity index (χ2n) is 14.3. The molecule has 5 aliphatic rings. The van der Waals surface area contributed by atoms with E-state index >= 15 is 0 Å². The predicted molar refractivity (Wildman–Crippen MR) is 132 cm³/mol. The van der Waals surface area contributed by atoms with Gasteiger partial charge < -0.3 is 5.11 Å². The Balaban J connectivity index is 1.65. The Hall–Kier alpha value is -1.71. The van der Waals surface area contributed by atoms with Crippen molar-refractivity contribution in [3.8, 4) is 0 Å². The van der Waals surface area contributed by atoms with Crippen LogP contribution in [-0.2, 0) is 14.4 Å². The van der Waals surface area contributed by atoms with Crippen molar-refractivity contribution in [2.24, 2.45) is 50.2 Å². The molecule has 0 spiro atoms. The first-order valence-corrected chi connectivity index (χ1v) is 13.3. The average Bonchev–Trinajstić information content (AvgIpc) is 2.73. The fourth-order valence-corrected chi connectivity index (χ4v) is 9.68. The monoisotopic (exact) mass is 466 g/mol. The summed E-state index contributed by atoms with van der Waals surface area (Å²) in [5.74, 6) is -0.210. The zero-order valence-electron chi connectivity index (χ0n) is 22.1. The highest BCUT2D eigenvalue weighted by atomic mass is 16.4. The van der Waals surface area contributed by atoms with Crippen LogP contribution in [0.5, 0.6) is 0 Å². The van der Waals surface area contributed by atoms with Crippen molar-refractivity contribution in [1.82, 2.24) is 0 Å². The molecule has 34 heavy (non-hydrogen) atoms. The molecule has 0 heterocycles. The number of fused-ring (bicyclic) bond motifs is 7. The smallest absolute Gasteiger partial charge is 0.309 e. The Kier molecular flexibility index (Phi) is 4.75. The molecular formula is C30H42O4. The van der Waals surface area contributed by atoms with Gasteiger partial charge in [-0.25, -0.2) is 0 Å². The van der Waals surface area contributed by atoms with Gasteiger partial charge in [-0.05, 0) is 92.1 Å². The first-order valence-electron chi connectivity index (χ1n) is 13.3. The van der Waals surface area contributed by atoms with Crippen LogP contribution in [0, 0.1) is 50.2 Å². The van der Waals surface area contributed by atoms with E-state index in [2.05, 4.69) is 47.6 Å². The number of aliphatic carboxylic acids is 1. The lowest BCUT2D eigenvalue weighted by molar-refractivity contribution is -0.171. The summed E-state index contributed by atoms with van der Waals surface area (Å²) in [6.07, 6.45) is 12.0. The molecule has 0 aromatic rings. The van der Waals surface area contributed by atoms with Gasteiger partial charge in [-0.2, -0.15) is 0 Å². The molecule has 0 amide bonds. The molecule has 0 aliphatic heterocycles. The fourth-order valence-electron chi connectivity index (χ4n) is 9.68. The summed E-state index contributed by atoms with van der Waals surface area (Å²) in [5.41, 5.74) is -0.606. The summed E-state index contributed by atoms with van der Waals surface area (Å²) >= 11 is 0. The van der Waals surface area contributed by atoms with Crippen molar-refractivity contribution in [3.05, 3.63) is 23.8 Å². The van der Waals surface area contributed by atoms with Gasteiger partial charge in [0.15, 0.2) is 11.6 Å². The maximum absolute atomic E-state index is 14.1. The topological polar surface area (TPSA) is 71.4 Å². The van der Waals surface area contributed by atoms with Crippen molar-refractivity contribution < 1.29 is 19.5 Å². The first-order chi connectivity index (χ1) is 15.6. The Morgan fingerprint density at radius 1 is 0.941 bits per heavy atom. The number of carbonyl (C=O) groups is 3. The van der Waals surface area contributed by atoms with E-state index in [0.29, 0.717) is 12.8 Å². The summed E-state index contributed by atoms with van der Waals surface area (Å²) in [4.78, 5) is 39.2. The zero-order valence-corrected chi connectivity index (χ0v) is 22.1. The van der Waals surface area contributed by atoms with E-state index in [9.17, 15) is 19.5 Å². The third-order valence-corrected chi connectivity index (χ3v) is 12.4. The van der Waals surface area contributed by atoms with Crippen molar-refractivity contribution in [2.45, 2.75) is 93.4 Å². The number of allylic oxidation sites excluding steroid dienone is 4. The van der Waals surface area contributed by atoms with Crippen molar-refractivity contribution in [3.63, 3.8) is 0 Å². The average molecular weight is 467 g/mol. The van der Waals surface area contributed by atoms with E-state index in [1.807, 2.05) is 13.0 Å². The highest BCUT2D eigenvalue weighted by molar-refractivity contribution is 5.99. The standard InChI is InChI=1S/C30H42O4/c1-25(2)21-8-11-30(7)23(28(21,5)10-9-22(25)32)20(31)16-18-19-17-27(4,24(33)34)13-12-26(19,3)14-15-29(18,30)6/h9-10,16,19,21,23H,8,11-15,17H2,1-7H3,(H,33,34)/t19-,21?,23+,26+,27?,28-,29+,30+/m0/s1. The second-order valence-corrected chi connectivity index (χ2v) is 14.3. The predicted octanol–water partition coefficient (Wildman–Crippen LogP) is 6.40. The minimum atomic E-state index is -0.732. The molecule has 3 fully saturated rings. The minimum Gasteiger partial charge on any atom is -0.481 e. The molecular weight excluding hydrogens is 424 g/mol. The van der Waals surface area contributed by atoms with Crippen LogP contribution in [0.4, 0.5) is 0 Å². The molecule has 3 saturated carbocycles. The lowest BCUT2D eigenvalue weighted by atomic mass is 9.34. The quantitative estimate of drug-likeness (QED) is 0.485. The second kappa shape index (κ2) is 6.73. The molecule has 5 aliphatic carbocycles. The highest BCUT2D eigenvalue weighted by Crippen LogP contribution is 2.74. The third-order valence-electron chi connectivity index (χ3n) is 12.4. The molecule has 0 aromatic heterocycles. The van der Waals surface area contributed by atoms with Gasteiger partial charge >= 0.3 is 5.97 Å². The van der Waals surface area contributed by atoms with Crippen molar-refractivity contribution in [2.75, 3.05) is 0 Å². The minimum absolute atomic E-state index is 0.0596. The highest BCUT2D eigenvalue weighted by Gasteiger charge is 2.69. The molecule has 2 unspecified atom stereocenters. The van der Waals surface area contributed by atoms with Crippen LogP contribution < -0.4 is 0 Å². The lowest BCUT2D eigenvalue weighted by Gasteiger charge is -2.69. The Labute approximate surface area is 204 Å². The van der Waals surface area contributed by atoms with E-state index in [-0.39, 0.29) is 51.0 Å². The van der Waals surface area contributed by atoms with Gasteiger partial charge in [-0.1, -0.05) is 53.2 Å². The Bertz CT molecular complexity index is 1050. The van der Waals surface area contributed by atoms with E-state index in [1.54, 1.807) is 6.08 Å². The molecule has 4 heteroatoms. The summed E-state index contributed by atoms with van der Waals surface area (Å²) < 4.78 is 0. The summed E-state index contributed by atoms with van der Waals surface area (Å²) in [6, 6.07) is 0. The molecule has 5 rings (SSSR count). The molecule has 8 atom stereocenters. The van der Waals surface area contributed by atoms with Crippen LogP contribution in [0.1, 0.15) is 93.4 Å². The van der Waals surface area contributed by atoms with Crippen LogP contribution >= 0.6 is 0 Å². The number of carbonyl (C=O) groups excluding carboxylic acids is 2. The summed E-state index contributed by atoms with van der Waals surface area (Å²) in [6.45, 7) is 15.3. The van der Waals surface area contributed by atoms with Crippen molar-refractivity contribution in [1.29, 1.82) is 0 Å². The molecule has 0 aromatic carbocycles. The zero-order chi connectivity index (χ0) is 25.1. The molecule has 4 nitrogen and oxygen atoms in total. The Morgan fingerprint density at radius 2 is 1.59 bits per heavy atom. The number of ketones is 2. The number of hydrogen-bond acceptors (Lipinski definition) is 3. The van der Waals surface area contributed by atoms with Gasteiger partial charge in [0.2, 0.25) is 0 Å². The van der Waals surface area contributed by atoms with Gasteiger partial charge in [0.1, 0.15) is 0 Å². The van der Waals surface area contributed by atoms with Gasteiger partial charge in [0.25, 0.3) is 0 Å². The molecule has 1 N–H and O–H groups in total. The Morgan fingerprint density at radius 3 is 2.24 bits per heavy atom. The summed E-state index contributed by atoms with van der Waals surface area (Å²) in [5, 5.41) is 10.0. The van der Waals surface area contributed by atoms with Crippen LogP contribution in [0.15, 0.2) is 23.8 Å². The van der Waals surface area contributed by atoms with Crippen LogP contribution in [0.25, 0.3) is 0 Å². The summed E-state index contributed by atoms with van der Waals surface area (Å²) in [7, 11) is 0. The normalized spacial score (nSPS) is 51.5. The van der Waals surface area contributed by atoms with E-state index in [0.717, 1.165) is 32.1 Å². The lowest BCUT2D eigenvalue weighted by Crippen LogP contribution is -2.65. The maximum Gasteiger partial charge on any atom is 0.309 e. The molecule has 0 saturated heterocycles. The van der Waals surface area contributed by atoms with Crippen LogP contribution in [0.3, 0.4) is 0 Å². The SMILES string of the molecule is CC1(C(=O)O)CC[C@]2(C)CC[C@]3(C)C(=CC(=O)[C@@H]4[C@@]5(C)C=CC(=O)C(C)(C)C5CC[C@]43C)[C@@H]2C1. The van der Waals surface area contributed by atoms with E-state index in [4.69, 9.17) is 0 Å². The van der Waals surface area contributed by atoms with E-state index < -0.39 is 16.8 Å².